The van der Waals surface area contributed by atoms with Crippen LogP contribution in [0.3, 0.4) is 0 Å². The summed E-state index contributed by atoms with van der Waals surface area (Å²) in [6.07, 6.45) is 3.92. The fourth-order valence-electron chi connectivity index (χ4n) is 1.06. The maximum atomic E-state index is 10.6. The number of oxazole rings is 1. The van der Waals surface area contributed by atoms with Gasteiger partial charge in [-0.2, -0.15) is 0 Å². The first-order valence-corrected chi connectivity index (χ1v) is 6.29. The van der Waals surface area contributed by atoms with Crippen molar-refractivity contribution in [2.75, 3.05) is 0 Å². The molecule has 2 N–H and O–H groups in total. The van der Waals surface area contributed by atoms with Crippen LogP contribution in [-0.4, -0.2) is 14.8 Å². The Morgan fingerprint density at radius 3 is 2.86 bits per heavy atom. The molecule has 0 aliphatic rings. The molecule has 0 saturated carbocycles. The normalized spacial score (nSPS) is 11.9. The molecule has 0 atom stereocenters. The van der Waals surface area contributed by atoms with E-state index in [1.807, 2.05) is 0 Å². The Morgan fingerprint density at radius 2 is 2.29 bits per heavy atom. The maximum absolute atomic E-state index is 10.6. The molecule has 0 saturated heterocycles. The Kier molecular flexibility index (Phi) is 3.86. The third kappa shape index (κ3) is 4.05. The molecular formula is C8H14NO4P. The molecule has 0 aliphatic heterocycles. The molecule has 14 heavy (non-hydrogen) atoms. The number of unbranched alkanes of at least 4 members (excludes halogenated alkanes) is 1. The summed E-state index contributed by atoms with van der Waals surface area (Å²) >= 11 is 0. The van der Waals surface area contributed by atoms with Crippen molar-refractivity contribution in [3.8, 4) is 0 Å². The lowest BCUT2D eigenvalue weighted by molar-refractivity contribution is 0.362. The molecule has 5 nitrogen and oxygen atoms in total. The fraction of sp³-hybridized carbons (Fsp3) is 0.625. The van der Waals surface area contributed by atoms with Crippen LogP contribution < -0.4 is 0 Å². The molecule has 80 valence electrons. The molecule has 1 aromatic rings. The third-order valence-corrected chi connectivity index (χ3v) is 2.40. The molecule has 6 heteroatoms. The molecule has 0 amide bonds. The summed E-state index contributed by atoms with van der Waals surface area (Å²) in [6.45, 7) is 2.06. The summed E-state index contributed by atoms with van der Waals surface area (Å²) in [6, 6.07) is 0. The quantitative estimate of drug-likeness (QED) is 0.736. The summed E-state index contributed by atoms with van der Waals surface area (Å²) in [5.41, 5.74) is 0. The van der Waals surface area contributed by atoms with Crippen molar-refractivity contribution in [1.29, 1.82) is 0 Å². The molecular weight excluding hydrogens is 205 g/mol. The average Bonchev–Trinajstić information content (AvgIpc) is 2.46. The molecule has 0 fully saturated rings. The van der Waals surface area contributed by atoms with E-state index in [4.69, 9.17) is 14.2 Å². The van der Waals surface area contributed by atoms with Gasteiger partial charge in [0.1, 0.15) is 11.9 Å². The zero-order valence-electron chi connectivity index (χ0n) is 8.01. The van der Waals surface area contributed by atoms with Gasteiger partial charge in [0, 0.05) is 6.42 Å². The predicted molar refractivity (Wildman–Crippen MR) is 50.9 cm³/mol. The summed E-state index contributed by atoms with van der Waals surface area (Å²) in [5.74, 6) is 0.805. The van der Waals surface area contributed by atoms with Crippen LogP contribution in [0, 0.1) is 0 Å². The number of aryl methyl sites for hydroxylation is 1. The highest BCUT2D eigenvalue weighted by atomic mass is 31.2. The van der Waals surface area contributed by atoms with Gasteiger partial charge in [-0.1, -0.05) is 13.3 Å². The average molecular weight is 219 g/mol. The lowest BCUT2D eigenvalue weighted by atomic mass is 10.2. The molecule has 0 radical (unpaired) electrons. The van der Waals surface area contributed by atoms with Crippen molar-refractivity contribution in [1.82, 2.24) is 4.98 Å². The highest BCUT2D eigenvalue weighted by Gasteiger charge is 2.18. The first-order valence-electron chi connectivity index (χ1n) is 4.49. The van der Waals surface area contributed by atoms with E-state index < -0.39 is 13.8 Å². The fourth-order valence-corrected chi connectivity index (χ4v) is 1.56. The molecule has 1 rings (SSSR count). The minimum Gasteiger partial charge on any atom is -0.445 e. The van der Waals surface area contributed by atoms with E-state index in [9.17, 15) is 4.57 Å². The van der Waals surface area contributed by atoms with Crippen LogP contribution in [0.1, 0.15) is 31.4 Å². The Hall–Kier alpha value is -0.640. The van der Waals surface area contributed by atoms with Gasteiger partial charge in [-0.3, -0.25) is 4.57 Å². The largest absolute Gasteiger partial charge is 0.445 e. The molecule has 1 aromatic heterocycles. The topological polar surface area (TPSA) is 83.6 Å². The molecule has 0 aliphatic carbocycles. The van der Waals surface area contributed by atoms with E-state index >= 15 is 0 Å². The number of nitrogens with zero attached hydrogens (tertiary/aromatic N) is 1. The van der Waals surface area contributed by atoms with Gasteiger partial charge in [-0.05, 0) is 6.42 Å². The predicted octanol–water partition coefficient (Wildman–Crippen LogP) is 1.69. The van der Waals surface area contributed by atoms with Crippen LogP contribution in [0.4, 0.5) is 0 Å². The molecule has 0 bridgehead atoms. The number of hydrogen-bond donors (Lipinski definition) is 2. The van der Waals surface area contributed by atoms with Gasteiger partial charge < -0.3 is 14.2 Å². The number of rotatable bonds is 5. The zero-order chi connectivity index (χ0) is 10.6. The van der Waals surface area contributed by atoms with Crippen molar-refractivity contribution in [3.63, 3.8) is 0 Å². The van der Waals surface area contributed by atoms with E-state index in [0.29, 0.717) is 5.76 Å². The van der Waals surface area contributed by atoms with E-state index in [1.165, 1.54) is 6.20 Å². The van der Waals surface area contributed by atoms with Gasteiger partial charge in [0.2, 0.25) is 5.89 Å². The van der Waals surface area contributed by atoms with Crippen LogP contribution in [0.2, 0.25) is 0 Å². The van der Waals surface area contributed by atoms with Crippen molar-refractivity contribution in [3.05, 3.63) is 17.8 Å². The van der Waals surface area contributed by atoms with Gasteiger partial charge in [0.15, 0.2) is 0 Å². The van der Waals surface area contributed by atoms with Gasteiger partial charge in [-0.15, -0.1) is 0 Å². The Bertz CT molecular complexity index is 330. The maximum Gasteiger partial charge on any atom is 0.334 e. The molecule has 0 spiro atoms. The van der Waals surface area contributed by atoms with Crippen LogP contribution in [0.25, 0.3) is 0 Å². The second-order valence-electron chi connectivity index (χ2n) is 3.15. The van der Waals surface area contributed by atoms with Crippen molar-refractivity contribution < 1.29 is 18.8 Å². The van der Waals surface area contributed by atoms with Crippen LogP contribution in [0.15, 0.2) is 10.6 Å². The van der Waals surface area contributed by atoms with Crippen LogP contribution >= 0.6 is 7.60 Å². The van der Waals surface area contributed by atoms with E-state index in [0.717, 1.165) is 19.3 Å². The Labute approximate surface area is 82.3 Å². The first kappa shape index (κ1) is 11.4. The minimum atomic E-state index is -4.06. The second kappa shape index (κ2) is 4.73. The van der Waals surface area contributed by atoms with Crippen molar-refractivity contribution in [2.24, 2.45) is 0 Å². The second-order valence-corrected chi connectivity index (χ2v) is 4.79. The van der Waals surface area contributed by atoms with Crippen molar-refractivity contribution >= 4 is 7.60 Å². The number of aromatic nitrogens is 1. The summed E-state index contributed by atoms with van der Waals surface area (Å²) in [4.78, 5) is 21.1. The third-order valence-electron chi connectivity index (χ3n) is 1.72. The van der Waals surface area contributed by atoms with Crippen LogP contribution in [-0.2, 0) is 17.1 Å². The highest BCUT2D eigenvalue weighted by molar-refractivity contribution is 7.50. The van der Waals surface area contributed by atoms with E-state index in [1.54, 1.807) is 0 Å². The Balaban J connectivity index is 2.55. The Morgan fingerprint density at radius 1 is 1.57 bits per heavy atom. The lowest BCUT2D eigenvalue weighted by Gasteiger charge is -1.98. The van der Waals surface area contributed by atoms with Crippen molar-refractivity contribution in [2.45, 2.75) is 32.3 Å². The zero-order valence-corrected chi connectivity index (χ0v) is 8.91. The first-order chi connectivity index (χ1) is 6.51. The van der Waals surface area contributed by atoms with Gasteiger partial charge >= 0.3 is 7.60 Å². The highest BCUT2D eigenvalue weighted by Crippen LogP contribution is 2.38. The summed E-state index contributed by atoms with van der Waals surface area (Å²) in [7, 11) is -4.06. The standard InChI is InChI=1S/C8H14NO4P/c1-2-3-4-7-5-9-8(13-7)6-14(10,11)12/h5H,2-4,6H2,1H3,(H2,10,11,12). The summed E-state index contributed by atoms with van der Waals surface area (Å²) < 4.78 is 15.8. The monoisotopic (exact) mass is 219 g/mol. The van der Waals surface area contributed by atoms with E-state index in [2.05, 4.69) is 11.9 Å². The molecule has 0 unspecified atom stereocenters. The molecule has 1 heterocycles. The van der Waals surface area contributed by atoms with E-state index in [-0.39, 0.29) is 5.89 Å². The van der Waals surface area contributed by atoms with Gasteiger partial charge in [-0.25, -0.2) is 4.98 Å². The molecule has 0 aromatic carbocycles. The van der Waals surface area contributed by atoms with Crippen LogP contribution in [0.5, 0.6) is 0 Å². The lowest BCUT2D eigenvalue weighted by Crippen LogP contribution is -1.85. The summed E-state index contributed by atoms with van der Waals surface area (Å²) in [5, 5.41) is 0. The smallest absolute Gasteiger partial charge is 0.334 e. The van der Waals surface area contributed by atoms with Gasteiger partial charge in [0.05, 0.1) is 6.20 Å². The minimum absolute atomic E-state index is 0.115. The number of hydrogen-bond acceptors (Lipinski definition) is 3. The SMILES string of the molecule is CCCCc1cnc(CP(=O)(O)O)o1. The van der Waals surface area contributed by atoms with Gasteiger partial charge in [0.25, 0.3) is 0 Å².